The summed E-state index contributed by atoms with van der Waals surface area (Å²) in [5.41, 5.74) is 0. The summed E-state index contributed by atoms with van der Waals surface area (Å²) >= 11 is 0. The lowest BCUT2D eigenvalue weighted by atomic mass is 10.00. The van der Waals surface area contributed by atoms with Crippen LogP contribution in [0.5, 0.6) is 0 Å². The Morgan fingerprint density at radius 2 is 1.89 bits per heavy atom. The highest BCUT2D eigenvalue weighted by Gasteiger charge is 2.21. The zero-order chi connectivity index (χ0) is 14.1. The number of rotatable bonds is 10. The summed E-state index contributed by atoms with van der Waals surface area (Å²) in [4.78, 5) is 0. The van der Waals surface area contributed by atoms with E-state index < -0.39 is 0 Å². The highest BCUT2D eigenvalue weighted by molar-refractivity contribution is 4.78. The van der Waals surface area contributed by atoms with Crippen LogP contribution in [0.25, 0.3) is 0 Å². The van der Waals surface area contributed by atoms with Gasteiger partial charge < -0.3 is 15.2 Å². The maximum atomic E-state index is 9.86. The lowest BCUT2D eigenvalue weighted by Crippen LogP contribution is -2.39. The van der Waals surface area contributed by atoms with E-state index in [9.17, 15) is 5.11 Å². The number of hydrogen-bond donors (Lipinski definition) is 2. The van der Waals surface area contributed by atoms with E-state index >= 15 is 0 Å². The first kappa shape index (κ1) is 16.9. The number of nitrogens with one attached hydrogen (secondary N) is 1. The Morgan fingerprint density at radius 3 is 2.53 bits per heavy atom. The van der Waals surface area contributed by atoms with Gasteiger partial charge in [0.15, 0.2) is 0 Å². The third kappa shape index (κ3) is 7.91. The zero-order valence-electron chi connectivity index (χ0n) is 13.0. The van der Waals surface area contributed by atoms with Gasteiger partial charge in [0.1, 0.15) is 0 Å². The molecule has 0 heterocycles. The molecule has 0 bridgehead atoms. The summed E-state index contributed by atoms with van der Waals surface area (Å²) in [6, 6.07) is 0.526. The Labute approximate surface area is 119 Å². The van der Waals surface area contributed by atoms with Gasteiger partial charge >= 0.3 is 0 Å². The number of aliphatic hydroxyl groups is 1. The van der Waals surface area contributed by atoms with Crippen molar-refractivity contribution in [3.8, 4) is 0 Å². The van der Waals surface area contributed by atoms with Gasteiger partial charge in [0, 0.05) is 19.2 Å². The van der Waals surface area contributed by atoms with Crippen LogP contribution >= 0.6 is 0 Å². The smallest absolute Gasteiger partial charge is 0.0897 e. The van der Waals surface area contributed by atoms with Crippen molar-refractivity contribution in [3.63, 3.8) is 0 Å². The van der Waals surface area contributed by atoms with Crippen LogP contribution in [0.3, 0.4) is 0 Å². The predicted molar refractivity (Wildman–Crippen MR) is 80.3 cm³/mol. The van der Waals surface area contributed by atoms with Gasteiger partial charge in [0.05, 0.1) is 12.7 Å². The third-order valence-electron chi connectivity index (χ3n) is 4.16. The lowest BCUT2D eigenvalue weighted by molar-refractivity contribution is 0.0328. The SMILES string of the molecule is CC(C)CCCOCC(O)CN[C@@H](C)C1CCCC1. The summed E-state index contributed by atoms with van der Waals surface area (Å²) in [6.07, 6.45) is 7.36. The van der Waals surface area contributed by atoms with Gasteiger partial charge in [0.2, 0.25) is 0 Å². The normalized spacial score (nSPS) is 20.1. The van der Waals surface area contributed by atoms with E-state index in [1.807, 2.05) is 0 Å². The van der Waals surface area contributed by atoms with E-state index in [4.69, 9.17) is 4.74 Å². The molecule has 0 spiro atoms. The molecule has 114 valence electrons. The van der Waals surface area contributed by atoms with Crippen molar-refractivity contribution in [1.82, 2.24) is 5.32 Å². The molecule has 1 unspecified atom stereocenters. The van der Waals surface area contributed by atoms with Crippen molar-refractivity contribution in [3.05, 3.63) is 0 Å². The van der Waals surface area contributed by atoms with E-state index in [-0.39, 0.29) is 6.10 Å². The molecule has 1 aliphatic carbocycles. The molecule has 1 fully saturated rings. The molecule has 0 aromatic heterocycles. The van der Waals surface area contributed by atoms with Crippen molar-refractivity contribution < 1.29 is 9.84 Å². The average Bonchev–Trinajstić information content (AvgIpc) is 2.89. The van der Waals surface area contributed by atoms with Crippen LogP contribution in [-0.2, 0) is 4.74 Å². The fourth-order valence-electron chi connectivity index (χ4n) is 2.82. The summed E-state index contributed by atoms with van der Waals surface area (Å²) in [5, 5.41) is 13.3. The van der Waals surface area contributed by atoms with Gasteiger partial charge in [-0.3, -0.25) is 0 Å². The maximum absolute atomic E-state index is 9.86. The molecule has 0 amide bonds. The van der Waals surface area contributed by atoms with Crippen molar-refractivity contribution in [2.45, 2.75) is 71.4 Å². The van der Waals surface area contributed by atoms with E-state index in [0.717, 1.165) is 24.9 Å². The van der Waals surface area contributed by atoms with Gasteiger partial charge in [-0.05, 0) is 44.4 Å². The van der Waals surface area contributed by atoms with Crippen LogP contribution in [0.4, 0.5) is 0 Å². The summed E-state index contributed by atoms with van der Waals surface area (Å²) in [6.45, 7) is 8.58. The van der Waals surface area contributed by atoms with Gasteiger partial charge in [-0.15, -0.1) is 0 Å². The molecule has 1 saturated carbocycles. The van der Waals surface area contributed by atoms with Crippen molar-refractivity contribution in [2.75, 3.05) is 19.8 Å². The summed E-state index contributed by atoms with van der Waals surface area (Å²) < 4.78 is 5.51. The maximum Gasteiger partial charge on any atom is 0.0897 e. The molecule has 1 aliphatic rings. The van der Waals surface area contributed by atoms with Crippen LogP contribution in [0, 0.1) is 11.8 Å². The zero-order valence-corrected chi connectivity index (χ0v) is 13.0. The number of aliphatic hydroxyl groups excluding tert-OH is 1. The number of ether oxygens (including phenoxy) is 1. The highest BCUT2D eigenvalue weighted by Crippen LogP contribution is 2.27. The Morgan fingerprint density at radius 1 is 1.21 bits per heavy atom. The molecule has 3 nitrogen and oxygen atoms in total. The van der Waals surface area contributed by atoms with Crippen molar-refractivity contribution in [1.29, 1.82) is 0 Å². The lowest BCUT2D eigenvalue weighted by Gasteiger charge is -2.22. The molecular weight excluding hydrogens is 238 g/mol. The standard InChI is InChI=1S/C16H33NO2/c1-13(2)7-6-10-19-12-16(18)11-17-14(3)15-8-4-5-9-15/h13-18H,4-12H2,1-3H3/t14-,16?/m0/s1. The quantitative estimate of drug-likeness (QED) is 0.600. The Bertz CT molecular complexity index is 215. The first-order chi connectivity index (χ1) is 9.09. The minimum atomic E-state index is -0.372. The molecule has 0 radical (unpaired) electrons. The number of hydrogen-bond acceptors (Lipinski definition) is 3. The van der Waals surface area contributed by atoms with Crippen LogP contribution in [0.2, 0.25) is 0 Å². The van der Waals surface area contributed by atoms with E-state index in [2.05, 4.69) is 26.1 Å². The molecule has 0 aromatic carbocycles. The highest BCUT2D eigenvalue weighted by atomic mass is 16.5. The van der Waals surface area contributed by atoms with Crippen molar-refractivity contribution >= 4 is 0 Å². The molecule has 19 heavy (non-hydrogen) atoms. The van der Waals surface area contributed by atoms with Crippen LogP contribution in [0.15, 0.2) is 0 Å². The van der Waals surface area contributed by atoms with Crippen LogP contribution in [-0.4, -0.2) is 37.0 Å². The van der Waals surface area contributed by atoms with Crippen molar-refractivity contribution in [2.24, 2.45) is 11.8 Å². The fourth-order valence-corrected chi connectivity index (χ4v) is 2.82. The van der Waals surface area contributed by atoms with Gasteiger partial charge in [-0.25, -0.2) is 0 Å². The first-order valence-corrected chi connectivity index (χ1v) is 8.08. The Kier molecular flexibility index (Phi) is 8.67. The van der Waals surface area contributed by atoms with Crippen LogP contribution in [0.1, 0.15) is 59.3 Å². The largest absolute Gasteiger partial charge is 0.389 e. The Balaban J connectivity index is 1.96. The van der Waals surface area contributed by atoms with E-state index in [0.29, 0.717) is 19.2 Å². The van der Waals surface area contributed by atoms with Gasteiger partial charge in [0.25, 0.3) is 0 Å². The molecule has 0 aliphatic heterocycles. The molecule has 0 saturated heterocycles. The monoisotopic (exact) mass is 271 g/mol. The molecule has 3 heteroatoms. The van der Waals surface area contributed by atoms with Gasteiger partial charge in [-0.1, -0.05) is 26.7 Å². The minimum absolute atomic E-state index is 0.372. The second kappa shape index (κ2) is 9.73. The first-order valence-electron chi connectivity index (χ1n) is 8.08. The molecule has 0 aromatic rings. The van der Waals surface area contributed by atoms with E-state index in [1.54, 1.807) is 0 Å². The average molecular weight is 271 g/mol. The van der Waals surface area contributed by atoms with E-state index in [1.165, 1.54) is 32.1 Å². The summed E-state index contributed by atoms with van der Waals surface area (Å²) in [5.74, 6) is 1.54. The van der Waals surface area contributed by atoms with Crippen LogP contribution < -0.4 is 5.32 Å². The summed E-state index contributed by atoms with van der Waals surface area (Å²) in [7, 11) is 0. The third-order valence-corrected chi connectivity index (χ3v) is 4.16. The van der Waals surface area contributed by atoms with Gasteiger partial charge in [-0.2, -0.15) is 0 Å². The molecule has 2 atom stereocenters. The molecule has 1 rings (SSSR count). The fraction of sp³-hybridized carbons (Fsp3) is 1.00. The predicted octanol–water partition coefficient (Wildman–Crippen LogP) is 2.97. The Hall–Kier alpha value is -0.120. The molecular formula is C16H33NO2. The molecule has 2 N–H and O–H groups in total. The second-order valence-corrected chi connectivity index (χ2v) is 6.51. The minimum Gasteiger partial charge on any atom is -0.389 e. The second-order valence-electron chi connectivity index (χ2n) is 6.51. The topological polar surface area (TPSA) is 41.5 Å².